The van der Waals surface area contributed by atoms with E-state index in [9.17, 15) is 22.4 Å². The Morgan fingerprint density at radius 1 is 1.14 bits per heavy atom. The molecule has 0 radical (unpaired) electrons. The minimum Gasteiger partial charge on any atom is -0.436 e. The topological polar surface area (TPSA) is 77.2 Å². The zero-order valence-corrected chi connectivity index (χ0v) is 17.3. The van der Waals surface area contributed by atoms with Gasteiger partial charge in [-0.15, -0.1) is 24.8 Å². The maximum atomic E-state index is 14.2. The number of benzene rings is 1. The van der Waals surface area contributed by atoms with Crippen LogP contribution in [0.3, 0.4) is 0 Å². The second kappa shape index (κ2) is 10.1. The van der Waals surface area contributed by atoms with E-state index in [1.165, 1.54) is 12.1 Å². The normalized spacial score (nSPS) is 12.3. The standard InChI is InChI=1S/C18H19F4N3O2.2ClH/c1-17(2,3)15(23)16(26)25-11-5-6-13(12(19)8-11)27-14-7-4-10(9-24-14)18(20,21)22;;/h4-9,15H,23H2,1-3H3,(H,25,26);2*1H/t15-;;/m1../s1. The number of rotatable bonds is 4. The first kappa shape index (κ1) is 26.9. The molecule has 29 heavy (non-hydrogen) atoms. The number of pyridine rings is 1. The summed E-state index contributed by atoms with van der Waals surface area (Å²) in [4.78, 5) is 15.6. The van der Waals surface area contributed by atoms with Crippen molar-refractivity contribution >= 4 is 36.4 Å². The summed E-state index contributed by atoms with van der Waals surface area (Å²) in [5, 5.41) is 2.50. The molecule has 11 heteroatoms. The molecular weight excluding hydrogens is 437 g/mol. The summed E-state index contributed by atoms with van der Waals surface area (Å²) in [5.74, 6) is -1.74. The van der Waals surface area contributed by atoms with Crippen LogP contribution in [0.25, 0.3) is 0 Å². The van der Waals surface area contributed by atoms with Crippen molar-refractivity contribution in [1.82, 2.24) is 4.98 Å². The zero-order valence-electron chi connectivity index (χ0n) is 15.7. The molecule has 0 aliphatic heterocycles. The van der Waals surface area contributed by atoms with Gasteiger partial charge in [0.1, 0.15) is 0 Å². The van der Waals surface area contributed by atoms with Crippen molar-refractivity contribution < 1.29 is 27.1 Å². The van der Waals surface area contributed by atoms with E-state index in [4.69, 9.17) is 10.5 Å². The number of nitrogens with zero attached hydrogens (tertiary/aromatic N) is 1. The molecule has 0 aliphatic rings. The molecule has 0 saturated heterocycles. The van der Waals surface area contributed by atoms with Gasteiger partial charge >= 0.3 is 6.18 Å². The number of carbonyl (C=O) groups excluding carboxylic acids is 1. The van der Waals surface area contributed by atoms with Crippen molar-refractivity contribution in [2.24, 2.45) is 11.1 Å². The molecule has 2 rings (SSSR count). The lowest BCUT2D eigenvalue weighted by molar-refractivity contribution is -0.137. The smallest absolute Gasteiger partial charge is 0.417 e. The molecule has 1 aromatic carbocycles. The number of carbonyl (C=O) groups is 1. The van der Waals surface area contributed by atoms with Gasteiger partial charge in [0.05, 0.1) is 11.6 Å². The molecule has 0 bridgehead atoms. The van der Waals surface area contributed by atoms with Gasteiger partial charge in [0.15, 0.2) is 11.6 Å². The van der Waals surface area contributed by atoms with Gasteiger partial charge in [-0.3, -0.25) is 4.79 Å². The molecule has 5 nitrogen and oxygen atoms in total. The van der Waals surface area contributed by atoms with E-state index in [0.717, 1.165) is 18.2 Å². The summed E-state index contributed by atoms with van der Waals surface area (Å²) in [6.45, 7) is 5.39. The highest BCUT2D eigenvalue weighted by atomic mass is 35.5. The summed E-state index contributed by atoms with van der Waals surface area (Å²) < 4.78 is 56.8. The number of hydrogen-bond acceptors (Lipinski definition) is 4. The first-order chi connectivity index (χ1) is 12.4. The van der Waals surface area contributed by atoms with Crippen LogP contribution in [0.5, 0.6) is 11.6 Å². The third kappa shape index (κ3) is 7.34. The number of nitrogens with two attached hydrogens (primary N) is 1. The van der Waals surface area contributed by atoms with Crippen LogP contribution in [0.1, 0.15) is 26.3 Å². The second-order valence-corrected chi connectivity index (χ2v) is 6.96. The number of anilines is 1. The Morgan fingerprint density at radius 3 is 2.21 bits per heavy atom. The fourth-order valence-corrected chi connectivity index (χ4v) is 2.00. The molecule has 162 valence electrons. The highest BCUT2D eigenvalue weighted by Gasteiger charge is 2.31. The number of ether oxygens (including phenoxy) is 1. The maximum Gasteiger partial charge on any atom is 0.417 e. The minimum absolute atomic E-state index is 0. The Bertz CT molecular complexity index is 825. The van der Waals surface area contributed by atoms with Crippen LogP contribution in [-0.4, -0.2) is 16.9 Å². The first-order valence-corrected chi connectivity index (χ1v) is 7.95. The molecule has 1 atom stereocenters. The highest BCUT2D eigenvalue weighted by molar-refractivity contribution is 5.95. The molecule has 2 aromatic rings. The number of nitrogens with one attached hydrogen (secondary N) is 1. The number of halogens is 6. The molecule has 0 aliphatic carbocycles. The molecule has 0 fully saturated rings. The van der Waals surface area contributed by atoms with Gasteiger partial charge in [-0.2, -0.15) is 13.2 Å². The van der Waals surface area contributed by atoms with Crippen molar-refractivity contribution in [3.63, 3.8) is 0 Å². The third-order valence-electron chi connectivity index (χ3n) is 3.69. The van der Waals surface area contributed by atoms with Crippen LogP contribution in [0.15, 0.2) is 36.5 Å². The SMILES string of the molecule is CC(C)(C)[C@H](N)C(=O)Nc1ccc(Oc2ccc(C(F)(F)F)cn2)c(F)c1.Cl.Cl. The van der Waals surface area contributed by atoms with Gasteiger partial charge in [0.2, 0.25) is 11.8 Å². The number of alkyl halides is 3. The van der Waals surface area contributed by atoms with Gasteiger partial charge in [-0.05, 0) is 23.6 Å². The minimum atomic E-state index is -4.52. The van der Waals surface area contributed by atoms with E-state index in [2.05, 4.69) is 10.3 Å². The summed E-state index contributed by atoms with van der Waals surface area (Å²) in [6, 6.07) is 4.60. The van der Waals surface area contributed by atoms with Gasteiger partial charge in [0.25, 0.3) is 0 Å². The molecule has 0 saturated carbocycles. The van der Waals surface area contributed by atoms with E-state index in [0.29, 0.717) is 6.20 Å². The fraction of sp³-hybridized carbons (Fsp3) is 0.333. The molecule has 0 unspecified atom stereocenters. The molecular formula is C18H21Cl2F4N3O2. The fourth-order valence-electron chi connectivity index (χ4n) is 2.00. The monoisotopic (exact) mass is 457 g/mol. The summed E-state index contributed by atoms with van der Waals surface area (Å²) in [6.07, 6.45) is -3.93. The maximum absolute atomic E-state index is 14.2. The number of aromatic nitrogens is 1. The lowest BCUT2D eigenvalue weighted by atomic mass is 9.87. The van der Waals surface area contributed by atoms with Crippen molar-refractivity contribution in [2.75, 3.05) is 5.32 Å². The zero-order chi connectivity index (χ0) is 20.4. The van der Waals surface area contributed by atoms with Crippen LogP contribution >= 0.6 is 24.8 Å². The predicted octanol–water partition coefficient (Wildman–Crippen LogP) is 5.19. The van der Waals surface area contributed by atoms with Crippen molar-refractivity contribution in [3.8, 4) is 11.6 Å². The van der Waals surface area contributed by atoms with E-state index in [1.807, 2.05) is 0 Å². The average Bonchev–Trinajstić information content (AvgIpc) is 2.55. The number of hydrogen-bond donors (Lipinski definition) is 2. The predicted molar refractivity (Wildman–Crippen MR) is 106 cm³/mol. The van der Waals surface area contributed by atoms with Crippen LogP contribution in [0, 0.1) is 11.2 Å². The average molecular weight is 458 g/mol. The molecule has 1 heterocycles. The Labute approximate surface area is 177 Å². The van der Waals surface area contributed by atoms with E-state index >= 15 is 0 Å². The lowest BCUT2D eigenvalue weighted by Crippen LogP contribution is -2.45. The first-order valence-electron chi connectivity index (χ1n) is 7.95. The Morgan fingerprint density at radius 2 is 1.76 bits per heavy atom. The van der Waals surface area contributed by atoms with Crippen LogP contribution < -0.4 is 15.8 Å². The lowest BCUT2D eigenvalue weighted by Gasteiger charge is -2.25. The van der Waals surface area contributed by atoms with Crippen molar-refractivity contribution in [2.45, 2.75) is 33.0 Å². The Balaban J connectivity index is 0.00000392. The van der Waals surface area contributed by atoms with Crippen molar-refractivity contribution in [3.05, 3.63) is 47.9 Å². The summed E-state index contributed by atoms with van der Waals surface area (Å²) in [5.41, 5.74) is 4.59. The van der Waals surface area contributed by atoms with Crippen molar-refractivity contribution in [1.29, 1.82) is 0 Å². The Kier molecular flexibility index (Phi) is 9.36. The van der Waals surface area contributed by atoms with Gasteiger partial charge in [0, 0.05) is 24.0 Å². The van der Waals surface area contributed by atoms with Crippen LogP contribution in [-0.2, 0) is 11.0 Å². The van der Waals surface area contributed by atoms with E-state index < -0.39 is 34.9 Å². The van der Waals surface area contributed by atoms with Crippen LogP contribution in [0.4, 0.5) is 23.2 Å². The molecule has 0 spiro atoms. The van der Waals surface area contributed by atoms with Gasteiger partial charge in [-0.1, -0.05) is 20.8 Å². The largest absolute Gasteiger partial charge is 0.436 e. The third-order valence-corrected chi connectivity index (χ3v) is 3.69. The Hall–Kier alpha value is -2.10. The highest BCUT2D eigenvalue weighted by Crippen LogP contribution is 2.31. The second-order valence-electron chi connectivity index (χ2n) is 6.96. The summed E-state index contributed by atoms with van der Waals surface area (Å²) >= 11 is 0. The molecule has 1 amide bonds. The van der Waals surface area contributed by atoms with E-state index in [-0.39, 0.29) is 42.1 Å². The molecule has 1 aromatic heterocycles. The van der Waals surface area contributed by atoms with E-state index in [1.54, 1.807) is 20.8 Å². The van der Waals surface area contributed by atoms with Crippen LogP contribution in [0.2, 0.25) is 0 Å². The van der Waals surface area contributed by atoms with Gasteiger partial charge in [-0.25, -0.2) is 9.37 Å². The number of amides is 1. The molecule has 3 N–H and O–H groups in total. The van der Waals surface area contributed by atoms with Gasteiger partial charge < -0.3 is 15.8 Å². The quantitative estimate of drug-likeness (QED) is 0.619. The summed E-state index contributed by atoms with van der Waals surface area (Å²) in [7, 11) is 0.